The zero-order valence-electron chi connectivity index (χ0n) is 17.5. The van der Waals surface area contributed by atoms with Crippen molar-refractivity contribution in [1.82, 2.24) is 9.88 Å². The fourth-order valence-corrected chi connectivity index (χ4v) is 3.83. The summed E-state index contributed by atoms with van der Waals surface area (Å²) in [6.45, 7) is 3.52. The zero-order valence-corrected chi connectivity index (χ0v) is 17.5. The third-order valence-electron chi connectivity index (χ3n) is 5.51. The highest BCUT2D eigenvalue weighted by Crippen LogP contribution is 2.28. The second-order valence-corrected chi connectivity index (χ2v) is 7.76. The van der Waals surface area contributed by atoms with Crippen LogP contribution in [0.15, 0.2) is 71.1 Å². The number of anilines is 1. The summed E-state index contributed by atoms with van der Waals surface area (Å²) >= 11 is 0. The highest BCUT2D eigenvalue weighted by Gasteiger charge is 2.40. The summed E-state index contributed by atoms with van der Waals surface area (Å²) in [4.78, 5) is 43.6. The topological polar surface area (TPSA) is 92.5 Å². The molecule has 0 fully saturated rings. The van der Waals surface area contributed by atoms with E-state index in [2.05, 4.69) is 10.3 Å². The molecule has 7 heteroatoms. The first kappa shape index (κ1) is 19.7. The molecular formula is C25H19N3O4. The normalized spacial score (nSPS) is 14.0. The maximum Gasteiger partial charge on any atom is 0.262 e. The number of hydrogen-bond donors (Lipinski definition) is 1. The Kier molecular flexibility index (Phi) is 4.59. The average Bonchev–Trinajstić information content (AvgIpc) is 3.32. The van der Waals surface area contributed by atoms with Gasteiger partial charge in [-0.15, -0.1) is 0 Å². The lowest BCUT2D eigenvalue weighted by Crippen LogP contribution is -2.45. The molecule has 1 aromatic heterocycles. The fraction of sp³-hybridized carbons (Fsp3) is 0.120. The molecule has 0 saturated carbocycles. The molecular weight excluding hydrogens is 406 g/mol. The number of imide groups is 1. The van der Waals surface area contributed by atoms with Gasteiger partial charge in [0.25, 0.3) is 11.8 Å². The molecule has 1 N–H and O–H groups in total. The molecule has 3 amide bonds. The van der Waals surface area contributed by atoms with Crippen molar-refractivity contribution in [3.05, 3.63) is 83.4 Å². The number of carbonyl (C=O) groups is 3. The van der Waals surface area contributed by atoms with E-state index in [9.17, 15) is 14.4 Å². The first-order chi connectivity index (χ1) is 15.4. The Morgan fingerprint density at radius 2 is 1.69 bits per heavy atom. The van der Waals surface area contributed by atoms with Crippen LogP contribution >= 0.6 is 0 Å². The van der Waals surface area contributed by atoms with E-state index in [1.54, 1.807) is 42.5 Å². The number of aryl methyl sites for hydroxylation is 1. The summed E-state index contributed by atoms with van der Waals surface area (Å²) in [7, 11) is 0. The van der Waals surface area contributed by atoms with Gasteiger partial charge in [-0.1, -0.05) is 29.8 Å². The minimum absolute atomic E-state index is 0.309. The second-order valence-electron chi connectivity index (χ2n) is 7.76. The minimum Gasteiger partial charge on any atom is -0.436 e. The number of carbonyl (C=O) groups excluding carboxylic acids is 3. The summed E-state index contributed by atoms with van der Waals surface area (Å²) in [5.41, 5.74) is 4.25. The van der Waals surface area contributed by atoms with Gasteiger partial charge in [0.1, 0.15) is 11.6 Å². The van der Waals surface area contributed by atoms with Gasteiger partial charge < -0.3 is 9.73 Å². The van der Waals surface area contributed by atoms with Gasteiger partial charge in [0.15, 0.2) is 5.58 Å². The molecule has 0 aliphatic carbocycles. The number of aromatic nitrogens is 1. The van der Waals surface area contributed by atoms with Crippen LogP contribution in [0.25, 0.3) is 22.6 Å². The minimum atomic E-state index is -0.976. The van der Waals surface area contributed by atoms with Crippen LogP contribution in [0.5, 0.6) is 0 Å². The molecule has 32 heavy (non-hydrogen) atoms. The van der Waals surface area contributed by atoms with Crippen LogP contribution in [0.2, 0.25) is 0 Å². The Labute approximate surface area is 183 Å². The summed E-state index contributed by atoms with van der Waals surface area (Å²) in [6, 6.07) is 18.5. The van der Waals surface area contributed by atoms with E-state index < -0.39 is 23.8 Å². The first-order valence-corrected chi connectivity index (χ1v) is 10.2. The van der Waals surface area contributed by atoms with Crippen molar-refractivity contribution < 1.29 is 18.8 Å². The molecule has 0 radical (unpaired) electrons. The predicted octanol–water partition coefficient (Wildman–Crippen LogP) is 4.43. The van der Waals surface area contributed by atoms with Gasteiger partial charge in [0.2, 0.25) is 11.8 Å². The van der Waals surface area contributed by atoms with E-state index in [0.717, 1.165) is 16.0 Å². The van der Waals surface area contributed by atoms with E-state index in [1.807, 2.05) is 31.2 Å². The van der Waals surface area contributed by atoms with Gasteiger partial charge in [0, 0.05) is 17.3 Å². The molecule has 2 heterocycles. The summed E-state index contributed by atoms with van der Waals surface area (Å²) in [6.07, 6.45) is 0. The number of oxazole rings is 1. The standard InChI is InChI=1S/C25H19N3O4/c1-14-6-5-7-16(12-14)23-27-20-11-10-17(13-21(20)32-23)26-22(29)15(2)28-24(30)18-8-3-4-9-19(18)25(28)31/h3-13,15H,1-2H3,(H,26,29). The quantitative estimate of drug-likeness (QED) is 0.489. The van der Waals surface area contributed by atoms with Crippen molar-refractivity contribution in [3.8, 4) is 11.5 Å². The van der Waals surface area contributed by atoms with Crippen LogP contribution in [-0.4, -0.2) is 33.6 Å². The lowest BCUT2D eigenvalue weighted by atomic mass is 10.1. The Morgan fingerprint density at radius 3 is 2.38 bits per heavy atom. The molecule has 0 spiro atoms. The number of nitrogens with zero attached hydrogens (tertiary/aromatic N) is 2. The lowest BCUT2D eigenvalue weighted by Gasteiger charge is -2.21. The van der Waals surface area contributed by atoms with Crippen LogP contribution in [-0.2, 0) is 4.79 Å². The molecule has 0 bridgehead atoms. The molecule has 1 aliphatic rings. The number of nitrogens with one attached hydrogen (secondary N) is 1. The van der Waals surface area contributed by atoms with Crippen LogP contribution in [0.4, 0.5) is 5.69 Å². The maximum atomic E-state index is 12.8. The number of hydrogen-bond acceptors (Lipinski definition) is 5. The smallest absolute Gasteiger partial charge is 0.262 e. The van der Waals surface area contributed by atoms with E-state index in [1.165, 1.54) is 6.92 Å². The summed E-state index contributed by atoms with van der Waals surface area (Å²) in [5.74, 6) is -0.924. The van der Waals surface area contributed by atoms with Gasteiger partial charge in [-0.25, -0.2) is 4.98 Å². The van der Waals surface area contributed by atoms with Crippen molar-refractivity contribution in [2.45, 2.75) is 19.9 Å². The van der Waals surface area contributed by atoms with Crippen molar-refractivity contribution in [3.63, 3.8) is 0 Å². The van der Waals surface area contributed by atoms with E-state index in [0.29, 0.717) is 33.8 Å². The number of fused-ring (bicyclic) bond motifs is 2. The Balaban J connectivity index is 1.37. The monoisotopic (exact) mass is 425 g/mol. The largest absolute Gasteiger partial charge is 0.436 e. The van der Waals surface area contributed by atoms with Crippen molar-refractivity contribution >= 4 is 34.5 Å². The van der Waals surface area contributed by atoms with Gasteiger partial charge in [-0.2, -0.15) is 0 Å². The highest BCUT2D eigenvalue weighted by atomic mass is 16.3. The predicted molar refractivity (Wildman–Crippen MR) is 119 cm³/mol. The third kappa shape index (κ3) is 3.24. The SMILES string of the molecule is Cc1cccc(-c2nc3ccc(NC(=O)C(C)N4C(=O)c5ccccc5C4=O)cc3o2)c1. The summed E-state index contributed by atoms with van der Waals surface area (Å²) in [5, 5.41) is 2.76. The number of benzene rings is 3. The van der Waals surface area contributed by atoms with Gasteiger partial charge in [-0.3, -0.25) is 19.3 Å². The lowest BCUT2D eigenvalue weighted by molar-refractivity contribution is -0.119. The maximum absolute atomic E-state index is 12.8. The third-order valence-corrected chi connectivity index (χ3v) is 5.51. The van der Waals surface area contributed by atoms with Gasteiger partial charge in [-0.05, 0) is 50.2 Å². The van der Waals surface area contributed by atoms with E-state index >= 15 is 0 Å². The molecule has 5 rings (SSSR count). The second kappa shape index (κ2) is 7.46. The van der Waals surface area contributed by atoms with E-state index in [4.69, 9.17) is 4.42 Å². The molecule has 4 aromatic rings. The van der Waals surface area contributed by atoms with Crippen LogP contribution < -0.4 is 5.32 Å². The van der Waals surface area contributed by atoms with Gasteiger partial charge in [0.05, 0.1) is 11.1 Å². The molecule has 158 valence electrons. The molecule has 3 aromatic carbocycles. The number of amides is 3. The average molecular weight is 425 g/mol. The number of rotatable bonds is 4. The fourth-order valence-electron chi connectivity index (χ4n) is 3.83. The Hall–Kier alpha value is -4.26. The first-order valence-electron chi connectivity index (χ1n) is 10.2. The van der Waals surface area contributed by atoms with Crippen LogP contribution in [0.1, 0.15) is 33.2 Å². The Bertz CT molecular complexity index is 1370. The van der Waals surface area contributed by atoms with Crippen molar-refractivity contribution in [2.24, 2.45) is 0 Å². The zero-order chi connectivity index (χ0) is 22.4. The van der Waals surface area contributed by atoms with E-state index in [-0.39, 0.29) is 0 Å². The van der Waals surface area contributed by atoms with Crippen LogP contribution in [0.3, 0.4) is 0 Å². The van der Waals surface area contributed by atoms with Crippen molar-refractivity contribution in [1.29, 1.82) is 0 Å². The van der Waals surface area contributed by atoms with Crippen molar-refractivity contribution in [2.75, 3.05) is 5.32 Å². The molecule has 1 unspecified atom stereocenters. The van der Waals surface area contributed by atoms with Crippen LogP contribution in [0, 0.1) is 6.92 Å². The Morgan fingerprint density at radius 1 is 0.969 bits per heavy atom. The molecule has 0 saturated heterocycles. The highest BCUT2D eigenvalue weighted by molar-refractivity contribution is 6.23. The molecule has 7 nitrogen and oxygen atoms in total. The van der Waals surface area contributed by atoms with Gasteiger partial charge >= 0.3 is 0 Å². The molecule has 1 atom stereocenters. The summed E-state index contributed by atoms with van der Waals surface area (Å²) < 4.78 is 5.89. The molecule has 1 aliphatic heterocycles.